The summed E-state index contributed by atoms with van der Waals surface area (Å²) in [7, 11) is 0. The van der Waals surface area contributed by atoms with E-state index in [1.165, 1.54) is 0 Å². The second kappa shape index (κ2) is 9.81. The van der Waals surface area contributed by atoms with Crippen LogP contribution in [0.1, 0.15) is 55.6 Å². The number of hydrogen-bond acceptors (Lipinski definition) is 4. The highest BCUT2D eigenvalue weighted by molar-refractivity contribution is 9.11. The molecule has 0 atom stereocenters. The van der Waals surface area contributed by atoms with Crippen LogP contribution in [0, 0.1) is 0 Å². The molecule has 0 spiro atoms. The van der Waals surface area contributed by atoms with E-state index >= 15 is 0 Å². The monoisotopic (exact) mass is 623 g/mol. The Bertz CT molecular complexity index is 1240. The van der Waals surface area contributed by atoms with Gasteiger partial charge in [0.15, 0.2) is 11.6 Å². The van der Waals surface area contributed by atoms with Gasteiger partial charge in [0.25, 0.3) is 0 Å². The van der Waals surface area contributed by atoms with Crippen LogP contribution < -0.4 is 10.1 Å². The molecule has 2 aliphatic carbocycles. The van der Waals surface area contributed by atoms with Crippen LogP contribution in [-0.2, 0) is 16.2 Å². The summed E-state index contributed by atoms with van der Waals surface area (Å²) >= 11 is 19.7. The number of carbonyl (C=O) groups excluding carboxylic acids is 2. The fraction of sp³-hybridized carbons (Fsp3) is 0.308. The van der Waals surface area contributed by atoms with Gasteiger partial charge in [0.1, 0.15) is 12.4 Å². The van der Waals surface area contributed by atoms with Gasteiger partial charge < -0.3 is 10.1 Å². The van der Waals surface area contributed by atoms with Crippen molar-refractivity contribution < 1.29 is 14.3 Å². The highest BCUT2D eigenvalue weighted by atomic mass is 79.9. The Kier molecular flexibility index (Phi) is 6.95. The number of rotatable bonds is 4. The molecule has 176 valence electrons. The van der Waals surface area contributed by atoms with Crippen molar-refractivity contribution in [3.8, 4) is 5.75 Å². The molecule has 2 aromatic carbocycles. The Labute approximate surface area is 225 Å². The summed E-state index contributed by atoms with van der Waals surface area (Å²) in [6.07, 6.45) is 4.20. The van der Waals surface area contributed by atoms with Crippen molar-refractivity contribution in [2.24, 2.45) is 0 Å². The molecule has 0 saturated carbocycles. The first-order chi connectivity index (χ1) is 16.3. The van der Waals surface area contributed by atoms with E-state index < -0.39 is 5.92 Å². The number of carbonyl (C=O) groups is 2. The molecule has 4 nitrogen and oxygen atoms in total. The molecule has 0 unspecified atom stereocenters. The van der Waals surface area contributed by atoms with Crippen LogP contribution in [0.25, 0.3) is 0 Å². The summed E-state index contributed by atoms with van der Waals surface area (Å²) in [5, 5.41) is 4.53. The Morgan fingerprint density at radius 3 is 2.18 bits per heavy atom. The fourth-order valence-corrected chi connectivity index (χ4v) is 6.87. The second-order valence-electron chi connectivity index (χ2n) is 8.73. The van der Waals surface area contributed by atoms with E-state index in [0.29, 0.717) is 39.8 Å². The van der Waals surface area contributed by atoms with Crippen molar-refractivity contribution in [1.29, 1.82) is 0 Å². The molecule has 5 rings (SSSR count). The molecule has 2 aromatic rings. The highest BCUT2D eigenvalue weighted by Gasteiger charge is 2.41. The first-order valence-electron chi connectivity index (χ1n) is 11.2. The van der Waals surface area contributed by atoms with Crippen LogP contribution in [-0.4, -0.2) is 11.6 Å². The summed E-state index contributed by atoms with van der Waals surface area (Å²) < 4.78 is 7.90. The molecular formula is C26H21Br2Cl2NO3. The maximum Gasteiger partial charge on any atom is 0.161 e. The van der Waals surface area contributed by atoms with Crippen LogP contribution in [0.5, 0.6) is 5.75 Å². The quantitative estimate of drug-likeness (QED) is 0.377. The number of benzene rings is 2. The molecule has 0 fully saturated rings. The van der Waals surface area contributed by atoms with Gasteiger partial charge in [0.2, 0.25) is 0 Å². The third-order valence-corrected chi connectivity index (χ3v) is 8.16. The largest absolute Gasteiger partial charge is 0.487 e. The van der Waals surface area contributed by atoms with E-state index in [1.807, 2.05) is 18.2 Å². The van der Waals surface area contributed by atoms with Gasteiger partial charge in [-0.3, -0.25) is 9.59 Å². The van der Waals surface area contributed by atoms with Crippen molar-refractivity contribution in [2.45, 2.75) is 51.0 Å². The molecule has 0 radical (unpaired) electrons. The van der Waals surface area contributed by atoms with Gasteiger partial charge in [-0.25, -0.2) is 0 Å². The number of ether oxygens (including phenoxy) is 1. The first-order valence-corrected chi connectivity index (χ1v) is 13.5. The zero-order valence-corrected chi connectivity index (χ0v) is 22.8. The van der Waals surface area contributed by atoms with Gasteiger partial charge in [0.05, 0.1) is 4.47 Å². The highest BCUT2D eigenvalue weighted by Crippen LogP contribution is 2.49. The minimum absolute atomic E-state index is 0.0893. The standard InChI is InChI=1S/C26H21Br2Cl2NO3/c27-14-9-16(26(17(28)10-14)34-12-13-7-8-15(29)11-18(13)30)23-24-19(3-1-5-21(24)32)31-20-4-2-6-22(33)25(20)23/h7-11,23,31H,1-6,12H2. The molecule has 34 heavy (non-hydrogen) atoms. The molecular weight excluding hydrogens is 605 g/mol. The topological polar surface area (TPSA) is 55.4 Å². The van der Waals surface area contributed by atoms with E-state index in [2.05, 4.69) is 37.2 Å². The lowest BCUT2D eigenvalue weighted by molar-refractivity contribution is -0.116. The van der Waals surface area contributed by atoms with E-state index in [4.69, 9.17) is 27.9 Å². The lowest BCUT2D eigenvalue weighted by Gasteiger charge is -2.37. The predicted molar refractivity (Wildman–Crippen MR) is 140 cm³/mol. The van der Waals surface area contributed by atoms with Gasteiger partial charge in [-0.05, 0) is 65.9 Å². The fourth-order valence-electron chi connectivity index (χ4n) is 5.03. The number of nitrogens with one attached hydrogen (secondary N) is 1. The molecule has 0 amide bonds. The smallest absolute Gasteiger partial charge is 0.161 e. The van der Waals surface area contributed by atoms with Gasteiger partial charge in [-0.1, -0.05) is 45.2 Å². The molecule has 1 N–H and O–H groups in total. The second-order valence-corrected chi connectivity index (χ2v) is 11.3. The van der Waals surface area contributed by atoms with E-state index in [1.54, 1.807) is 12.1 Å². The van der Waals surface area contributed by atoms with Crippen molar-refractivity contribution in [3.05, 3.63) is 83.0 Å². The lowest BCUT2D eigenvalue weighted by Crippen LogP contribution is -2.36. The molecule has 8 heteroatoms. The van der Waals surface area contributed by atoms with Gasteiger partial charge in [-0.2, -0.15) is 0 Å². The molecule has 0 bridgehead atoms. The minimum atomic E-state index is -0.462. The summed E-state index contributed by atoms with van der Waals surface area (Å²) in [4.78, 5) is 26.4. The number of hydrogen-bond donors (Lipinski definition) is 1. The molecule has 1 aliphatic heterocycles. The summed E-state index contributed by atoms with van der Waals surface area (Å²) in [5.41, 5.74) is 4.85. The zero-order valence-electron chi connectivity index (χ0n) is 18.2. The normalized spacial score (nSPS) is 18.6. The van der Waals surface area contributed by atoms with E-state index in [9.17, 15) is 9.59 Å². The number of Topliss-reactive ketones (excluding diaryl/α,β-unsaturated/α-hetero) is 2. The third-order valence-electron chi connectivity index (χ3n) is 6.53. The number of halogens is 4. The lowest BCUT2D eigenvalue weighted by atomic mass is 9.71. The number of allylic oxidation sites excluding steroid dienone is 4. The summed E-state index contributed by atoms with van der Waals surface area (Å²) in [6, 6.07) is 9.14. The first kappa shape index (κ1) is 24.1. The Morgan fingerprint density at radius 1 is 0.912 bits per heavy atom. The van der Waals surface area contributed by atoms with Crippen LogP contribution in [0.4, 0.5) is 0 Å². The van der Waals surface area contributed by atoms with Crippen molar-refractivity contribution in [1.82, 2.24) is 5.32 Å². The molecule has 3 aliphatic rings. The average Bonchev–Trinajstić information content (AvgIpc) is 2.78. The van der Waals surface area contributed by atoms with Crippen molar-refractivity contribution >= 4 is 66.6 Å². The van der Waals surface area contributed by atoms with Gasteiger partial charge in [0, 0.05) is 66.9 Å². The van der Waals surface area contributed by atoms with Gasteiger partial charge in [-0.15, -0.1) is 0 Å². The number of ketones is 2. The Morgan fingerprint density at radius 2 is 1.56 bits per heavy atom. The molecule has 1 heterocycles. The van der Waals surface area contributed by atoms with Crippen LogP contribution in [0.15, 0.2) is 61.8 Å². The Balaban J connectivity index is 1.64. The maximum absolute atomic E-state index is 13.2. The van der Waals surface area contributed by atoms with E-state index in [0.717, 1.165) is 57.1 Å². The van der Waals surface area contributed by atoms with Crippen LogP contribution in [0.2, 0.25) is 10.0 Å². The van der Waals surface area contributed by atoms with E-state index in [-0.39, 0.29) is 18.2 Å². The third kappa shape index (κ3) is 4.50. The van der Waals surface area contributed by atoms with Crippen molar-refractivity contribution in [2.75, 3.05) is 0 Å². The van der Waals surface area contributed by atoms with Crippen LogP contribution >= 0.6 is 55.1 Å². The zero-order chi connectivity index (χ0) is 24.0. The molecule has 0 aromatic heterocycles. The average molecular weight is 626 g/mol. The minimum Gasteiger partial charge on any atom is -0.487 e. The van der Waals surface area contributed by atoms with Crippen molar-refractivity contribution in [3.63, 3.8) is 0 Å². The summed E-state index contributed by atoms with van der Waals surface area (Å²) in [5.74, 6) is 0.311. The molecule has 0 saturated heterocycles. The Hall–Kier alpha value is -1.60. The van der Waals surface area contributed by atoms with Crippen LogP contribution in [0.3, 0.4) is 0 Å². The maximum atomic E-state index is 13.2. The van der Waals surface area contributed by atoms with Gasteiger partial charge >= 0.3 is 0 Å². The SMILES string of the molecule is O=C1CCCC2=C1C(c1cc(Br)cc(Br)c1OCc1ccc(Cl)cc1Cl)C1=C(CCCC1=O)N2. The summed E-state index contributed by atoms with van der Waals surface area (Å²) in [6.45, 7) is 0.216. The predicted octanol–water partition coefficient (Wildman–Crippen LogP) is 7.80. The number of dihydropyridines is 1.